The van der Waals surface area contributed by atoms with E-state index in [9.17, 15) is 4.79 Å². The van der Waals surface area contributed by atoms with Gasteiger partial charge < -0.3 is 10.2 Å². The average molecular weight is 146 g/mol. The summed E-state index contributed by atoms with van der Waals surface area (Å²) in [5.74, 6) is -0.196. The molecule has 3 heteroatoms. The van der Waals surface area contributed by atoms with E-state index in [-0.39, 0.29) is 12.4 Å². The van der Waals surface area contributed by atoms with Crippen LogP contribution in [-0.2, 0) is 4.79 Å². The van der Waals surface area contributed by atoms with Gasteiger partial charge in [-0.1, -0.05) is 0 Å². The second-order valence-corrected chi connectivity index (χ2v) is 2.35. The molecule has 0 radical (unpaired) electrons. The molecule has 0 saturated carbocycles. The molecule has 60 valence electrons. The van der Waals surface area contributed by atoms with Crippen LogP contribution in [0.25, 0.3) is 0 Å². The lowest BCUT2D eigenvalue weighted by molar-refractivity contribution is -0.125. The van der Waals surface area contributed by atoms with Crippen LogP contribution in [0.15, 0.2) is 0 Å². The summed E-state index contributed by atoms with van der Waals surface area (Å²) < 4.78 is 0. The molecule has 1 unspecified atom stereocenters. The van der Waals surface area contributed by atoms with Gasteiger partial charge >= 0.3 is 0 Å². The smallest absolute Gasteiger partial charge is 0.158 e. The first-order valence-corrected chi connectivity index (χ1v) is 3.48. The number of carbonyl (C=O) groups excluding carboxylic acids is 1. The zero-order valence-corrected chi connectivity index (χ0v) is 6.21. The highest BCUT2D eigenvalue weighted by molar-refractivity contribution is 5.79. The fourth-order valence-corrected chi connectivity index (χ4v) is 0.653. The van der Waals surface area contributed by atoms with Crippen molar-refractivity contribution in [3.05, 3.63) is 0 Å². The van der Waals surface area contributed by atoms with E-state index in [1.807, 2.05) is 0 Å². The molecule has 3 nitrogen and oxygen atoms in total. The van der Waals surface area contributed by atoms with E-state index in [4.69, 9.17) is 10.2 Å². The molecule has 0 heterocycles. The molecule has 0 aromatic rings. The van der Waals surface area contributed by atoms with Crippen molar-refractivity contribution in [1.82, 2.24) is 0 Å². The predicted octanol–water partition coefficient (Wildman–Crippen LogP) is 0.0989. The van der Waals surface area contributed by atoms with Gasteiger partial charge in [-0.3, -0.25) is 4.79 Å². The van der Waals surface area contributed by atoms with Gasteiger partial charge in [0.05, 0.1) is 0 Å². The van der Waals surface area contributed by atoms with Crippen molar-refractivity contribution in [2.45, 2.75) is 32.3 Å². The Labute approximate surface area is 60.7 Å². The van der Waals surface area contributed by atoms with Gasteiger partial charge in [-0.25, -0.2) is 0 Å². The molecular weight excluding hydrogens is 132 g/mol. The molecule has 0 amide bonds. The monoisotopic (exact) mass is 146 g/mol. The Morgan fingerprint density at radius 3 is 2.50 bits per heavy atom. The summed E-state index contributed by atoms with van der Waals surface area (Å²) in [6.07, 6.45) is 1.00. The van der Waals surface area contributed by atoms with Gasteiger partial charge in [0.1, 0.15) is 6.10 Å². The number of hydrogen-bond acceptors (Lipinski definition) is 3. The molecule has 0 fully saturated rings. The van der Waals surface area contributed by atoms with Crippen LogP contribution in [0.1, 0.15) is 26.2 Å². The molecule has 0 aromatic carbocycles. The Bertz CT molecular complexity index is 101. The molecule has 0 bridgehead atoms. The minimum absolute atomic E-state index is 0.130. The van der Waals surface area contributed by atoms with Gasteiger partial charge in [0.15, 0.2) is 5.78 Å². The van der Waals surface area contributed by atoms with E-state index < -0.39 is 6.10 Å². The highest BCUT2D eigenvalue weighted by atomic mass is 16.3. The first-order chi connectivity index (χ1) is 4.68. The average Bonchev–Trinajstić information content (AvgIpc) is 1.88. The van der Waals surface area contributed by atoms with Crippen LogP contribution in [0, 0.1) is 0 Å². The summed E-state index contributed by atoms with van der Waals surface area (Å²) in [6, 6.07) is 0. The fourth-order valence-electron chi connectivity index (χ4n) is 0.653. The summed E-state index contributed by atoms with van der Waals surface area (Å²) in [7, 11) is 0. The number of carbonyl (C=O) groups is 1. The van der Waals surface area contributed by atoms with Gasteiger partial charge in [0.25, 0.3) is 0 Å². The van der Waals surface area contributed by atoms with Crippen LogP contribution in [0.2, 0.25) is 0 Å². The Hall–Kier alpha value is -0.410. The van der Waals surface area contributed by atoms with Crippen LogP contribution in [0.5, 0.6) is 0 Å². The molecule has 0 aliphatic rings. The quantitative estimate of drug-likeness (QED) is 0.541. The van der Waals surface area contributed by atoms with Crippen LogP contribution >= 0.6 is 0 Å². The minimum Gasteiger partial charge on any atom is -0.396 e. The highest BCUT2D eigenvalue weighted by Crippen LogP contribution is 2.00. The Balaban J connectivity index is 3.21. The van der Waals surface area contributed by atoms with E-state index in [2.05, 4.69) is 0 Å². The van der Waals surface area contributed by atoms with E-state index in [1.165, 1.54) is 6.92 Å². The van der Waals surface area contributed by atoms with Crippen molar-refractivity contribution >= 4 is 5.78 Å². The molecule has 2 N–H and O–H groups in total. The van der Waals surface area contributed by atoms with Crippen molar-refractivity contribution < 1.29 is 15.0 Å². The van der Waals surface area contributed by atoms with Gasteiger partial charge in [-0.15, -0.1) is 0 Å². The lowest BCUT2D eigenvalue weighted by atomic mass is 10.1. The Morgan fingerprint density at radius 2 is 2.10 bits per heavy atom. The molecule has 0 aromatic heterocycles. The maximum Gasteiger partial charge on any atom is 0.158 e. The number of aliphatic hydroxyl groups is 2. The number of unbranched alkanes of at least 4 members (excludes halogenated alkanes) is 1. The molecule has 10 heavy (non-hydrogen) atoms. The summed E-state index contributed by atoms with van der Waals surface area (Å²) in [6.45, 7) is 1.49. The standard InChI is InChI=1S/C7H14O3/c1-6(9)7(10)4-2-3-5-8/h7-8,10H,2-5H2,1H3. The highest BCUT2D eigenvalue weighted by Gasteiger charge is 2.07. The lowest BCUT2D eigenvalue weighted by Gasteiger charge is -2.03. The third-order valence-corrected chi connectivity index (χ3v) is 1.35. The molecule has 0 aliphatic heterocycles. The molecule has 0 spiro atoms. The van der Waals surface area contributed by atoms with E-state index in [0.717, 1.165) is 0 Å². The first-order valence-electron chi connectivity index (χ1n) is 3.48. The molecule has 0 saturated heterocycles. The number of Topliss-reactive ketones (excluding diaryl/α,β-unsaturated/α-hetero) is 1. The zero-order chi connectivity index (χ0) is 7.98. The van der Waals surface area contributed by atoms with Crippen molar-refractivity contribution in [2.75, 3.05) is 6.61 Å². The van der Waals surface area contributed by atoms with E-state index in [1.54, 1.807) is 0 Å². The third-order valence-electron chi connectivity index (χ3n) is 1.35. The van der Waals surface area contributed by atoms with Gasteiger partial charge in [-0.2, -0.15) is 0 Å². The zero-order valence-electron chi connectivity index (χ0n) is 6.21. The van der Waals surface area contributed by atoms with E-state index >= 15 is 0 Å². The molecule has 0 aliphatic carbocycles. The van der Waals surface area contributed by atoms with Crippen molar-refractivity contribution in [2.24, 2.45) is 0 Å². The Kier molecular flexibility index (Phi) is 5.16. The summed E-state index contributed by atoms with van der Waals surface area (Å²) in [4.78, 5) is 10.4. The number of rotatable bonds is 5. The lowest BCUT2D eigenvalue weighted by Crippen LogP contribution is -2.16. The molecule has 0 rings (SSSR count). The summed E-state index contributed by atoms with van der Waals surface area (Å²) in [5.41, 5.74) is 0. The van der Waals surface area contributed by atoms with Crippen LogP contribution in [0.4, 0.5) is 0 Å². The fraction of sp³-hybridized carbons (Fsp3) is 0.857. The number of hydrogen-bond donors (Lipinski definition) is 2. The largest absolute Gasteiger partial charge is 0.396 e. The van der Waals surface area contributed by atoms with Gasteiger partial charge in [-0.05, 0) is 26.2 Å². The SMILES string of the molecule is CC(=O)C(O)CCCCO. The second-order valence-electron chi connectivity index (χ2n) is 2.35. The minimum atomic E-state index is -0.827. The van der Waals surface area contributed by atoms with Crippen molar-refractivity contribution in [1.29, 1.82) is 0 Å². The predicted molar refractivity (Wildman–Crippen MR) is 37.6 cm³/mol. The van der Waals surface area contributed by atoms with Gasteiger partial charge in [0.2, 0.25) is 0 Å². The van der Waals surface area contributed by atoms with Crippen LogP contribution < -0.4 is 0 Å². The van der Waals surface area contributed by atoms with Crippen molar-refractivity contribution in [3.8, 4) is 0 Å². The number of ketones is 1. The second kappa shape index (κ2) is 5.38. The molecular formula is C7H14O3. The summed E-state index contributed by atoms with van der Waals surface area (Å²) in [5, 5.41) is 17.3. The maximum atomic E-state index is 10.4. The van der Waals surface area contributed by atoms with Crippen molar-refractivity contribution in [3.63, 3.8) is 0 Å². The summed E-state index contributed by atoms with van der Waals surface area (Å²) >= 11 is 0. The molecule has 1 atom stereocenters. The number of aliphatic hydroxyl groups excluding tert-OH is 2. The van der Waals surface area contributed by atoms with E-state index in [0.29, 0.717) is 19.3 Å². The Morgan fingerprint density at radius 1 is 1.50 bits per heavy atom. The normalized spacial score (nSPS) is 13.1. The topological polar surface area (TPSA) is 57.5 Å². The maximum absolute atomic E-state index is 10.4. The third kappa shape index (κ3) is 4.47. The van der Waals surface area contributed by atoms with Crippen LogP contribution in [-0.4, -0.2) is 28.7 Å². The van der Waals surface area contributed by atoms with Crippen LogP contribution in [0.3, 0.4) is 0 Å². The van der Waals surface area contributed by atoms with Gasteiger partial charge in [0, 0.05) is 6.61 Å². The first kappa shape index (κ1) is 9.59.